The minimum atomic E-state index is -4.75. The Bertz CT molecular complexity index is 376. The summed E-state index contributed by atoms with van der Waals surface area (Å²) in [5, 5.41) is 0. The first-order valence-electron chi connectivity index (χ1n) is 5.66. The van der Waals surface area contributed by atoms with Crippen LogP contribution in [0, 0.1) is 0 Å². The third-order valence-electron chi connectivity index (χ3n) is 2.27. The molecule has 1 aliphatic heterocycles. The van der Waals surface area contributed by atoms with E-state index in [1.165, 1.54) is 11.0 Å². The molecule has 0 radical (unpaired) electrons. The number of alkyl halides is 3. The lowest BCUT2D eigenvalue weighted by Gasteiger charge is -2.29. The zero-order valence-corrected chi connectivity index (χ0v) is 11.7. The van der Waals surface area contributed by atoms with E-state index in [2.05, 4.69) is 0 Å². The van der Waals surface area contributed by atoms with Crippen LogP contribution in [0.4, 0.5) is 18.0 Å². The zero-order chi connectivity index (χ0) is 14.8. The first kappa shape index (κ1) is 16.2. The predicted molar refractivity (Wildman–Crippen MR) is 64.7 cm³/mol. The highest BCUT2D eigenvalue weighted by Gasteiger charge is 2.47. The van der Waals surface area contributed by atoms with Crippen molar-refractivity contribution in [3.05, 3.63) is 11.0 Å². The molecule has 1 unspecified atom stereocenters. The quantitative estimate of drug-likeness (QED) is 0.700. The normalized spacial score (nSPS) is 18.9. The van der Waals surface area contributed by atoms with Crippen LogP contribution in [0.2, 0.25) is 0 Å². The summed E-state index contributed by atoms with van der Waals surface area (Å²) in [4.78, 5) is 12.8. The monoisotopic (exact) mass is 299 g/mol. The highest BCUT2D eigenvalue weighted by molar-refractivity contribution is 7.96. The van der Waals surface area contributed by atoms with Gasteiger partial charge in [-0.1, -0.05) is 0 Å². The third kappa shape index (κ3) is 4.94. The van der Waals surface area contributed by atoms with Gasteiger partial charge in [0.05, 0.1) is 11.2 Å². The summed E-state index contributed by atoms with van der Waals surface area (Å²) in [6.45, 7) is 5.16. The largest absolute Gasteiger partial charge is 0.605 e. The Morgan fingerprint density at radius 1 is 1.42 bits per heavy atom. The molecule has 110 valence electrons. The fraction of sp³-hybridized carbons (Fsp3) is 0.727. The molecule has 0 fully saturated rings. The summed E-state index contributed by atoms with van der Waals surface area (Å²) < 4.78 is 53.0. The molecule has 0 saturated carbocycles. The topological polar surface area (TPSA) is 52.6 Å². The number of halogens is 3. The number of rotatable bonds is 1. The average Bonchev–Trinajstić information content (AvgIpc) is 2.24. The van der Waals surface area contributed by atoms with Gasteiger partial charge in [0, 0.05) is 19.5 Å². The Kier molecular flexibility index (Phi) is 4.78. The van der Waals surface area contributed by atoms with E-state index >= 15 is 0 Å². The van der Waals surface area contributed by atoms with E-state index in [0.717, 1.165) is 0 Å². The maximum Gasteiger partial charge on any atom is 0.577 e. The number of hydrogen-bond acceptors (Lipinski definition) is 3. The first-order valence-corrected chi connectivity index (χ1v) is 6.81. The molecule has 1 rings (SSSR count). The van der Waals surface area contributed by atoms with Gasteiger partial charge >= 0.3 is 11.6 Å². The van der Waals surface area contributed by atoms with Crippen LogP contribution in [0.15, 0.2) is 11.0 Å². The summed E-state index contributed by atoms with van der Waals surface area (Å²) in [6.07, 6.45) is 0.531. The summed E-state index contributed by atoms with van der Waals surface area (Å²) in [7, 11) is 0. The second-order valence-electron chi connectivity index (χ2n) is 5.06. The Labute approximate surface area is 112 Å². The van der Waals surface area contributed by atoms with Crippen LogP contribution in [0.3, 0.4) is 0 Å². The molecule has 0 bridgehead atoms. The maximum atomic E-state index is 12.3. The molecule has 0 saturated heterocycles. The fourth-order valence-corrected chi connectivity index (χ4v) is 2.26. The summed E-state index contributed by atoms with van der Waals surface area (Å²) in [5.74, 6) is 0. The highest BCUT2D eigenvalue weighted by atomic mass is 32.2. The lowest BCUT2D eigenvalue weighted by molar-refractivity contribution is -0.0427. The number of ether oxygens (including phenoxy) is 1. The van der Waals surface area contributed by atoms with Gasteiger partial charge in [-0.05, 0) is 26.8 Å². The van der Waals surface area contributed by atoms with Gasteiger partial charge in [-0.25, -0.2) is 4.79 Å². The van der Waals surface area contributed by atoms with Crippen LogP contribution in [0.5, 0.6) is 0 Å². The third-order valence-corrected chi connectivity index (χ3v) is 3.54. The molecule has 1 amide bonds. The second kappa shape index (κ2) is 5.62. The van der Waals surface area contributed by atoms with E-state index in [4.69, 9.17) is 4.74 Å². The molecular weight excluding hydrogens is 283 g/mol. The number of nitrogens with zero attached hydrogens (tertiary/aromatic N) is 1. The Morgan fingerprint density at radius 3 is 2.37 bits per heavy atom. The Balaban J connectivity index is 2.61. The minimum Gasteiger partial charge on any atom is -0.605 e. The van der Waals surface area contributed by atoms with Crippen LogP contribution in [-0.2, 0) is 15.9 Å². The molecular formula is C11H16F3NO3S. The summed E-state index contributed by atoms with van der Waals surface area (Å²) in [6, 6.07) is 0. The molecule has 1 heterocycles. The van der Waals surface area contributed by atoms with Gasteiger partial charge in [0.15, 0.2) is 0 Å². The van der Waals surface area contributed by atoms with Crippen molar-refractivity contribution in [1.82, 2.24) is 4.90 Å². The van der Waals surface area contributed by atoms with Crippen LogP contribution < -0.4 is 0 Å². The molecule has 0 aromatic rings. The van der Waals surface area contributed by atoms with Crippen LogP contribution in [0.1, 0.15) is 27.2 Å². The van der Waals surface area contributed by atoms with E-state index < -0.39 is 28.4 Å². The van der Waals surface area contributed by atoms with Crippen molar-refractivity contribution >= 4 is 17.3 Å². The molecule has 8 heteroatoms. The smallest absolute Gasteiger partial charge is 0.577 e. The molecule has 0 aliphatic carbocycles. The fourth-order valence-electron chi connectivity index (χ4n) is 1.46. The average molecular weight is 299 g/mol. The maximum absolute atomic E-state index is 12.3. The zero-order valence-electron chi connectivity index (χ0n) is 10.9. The SMILES string of the molecule is CC(C)(C)OC(=O)N1CC=C([S+]([O-])C(F)(F)F)CC1. The summed E-state index contributed by atoms with van der Waals surface area (Å²) in [5.41, 5.74) is -5.41. The number of carbonyl (C=O) groups excluding carboxylic acids is 1. The van der Waals surface area contributed by atoms with Crippen molar-refractivity contribution in [3.63, 3.8) is 0 Å². The van der Waals surface area contributed by atoms with Crippen LogP contribution in [-0.4, -0.2) is 39.7 Å². The van der Waals surface area contributed by atoms with Gasteiger partial charge in [-0.3, -0.25) is 0 Å². The summed E-state index contributed by atoms with van der Waals surface area (Å²) >= 11 is -2.99. The molecule has 0 spiro atoms. The van der Waals surface area contributed by atoms with Crippen LogP contribution in [0.25, 0.3) is 0 Å². The van der Waals surface area contributed by atoms with Gasteiger partial charge in [-0.15, -0.1) is 13.2 Å². The molecule has 1 aliphatic rings. The van der Waals surface area contributed by atoms with E-state index in [9.17, 15) is 22.5 Å². The van der Waals surface area contributed by atoms with Crippen molar-refractivity contribution in [3.8, 4) is 0 Å². The van der Waals surface area contributed by atoms with Crippen molar-refractivity contribution in [2.75, 3.05) is 13.1 Å². The number of carbonyl (C=O) groups is 1. The molecule has 19 heavy (non-hydrogen) atoms. The van der Waals surface area contributed by atoms with Gasteiger partial charge in [-0.2, -0.15) is 0 Å². The molecule has 1 atom stereocenters. The predicted octanol–water partition coefficient (Wildman–Crippen LogP) is 2.78. The molecule has 0 aromatic heterocycles. The van der Waals surface area contributed by atoms with E-state index in [1.54, 1.807) is 20.8 Å². The Hall–Kier alpha value is -0.890. The van der Waals surface area contributed by atoms with E-state index in [-0.39, 0.29) is 24.4 Å². The number of hydrogen-bond donors (Lipinski definition) is 0. The van der Waals surface area contributed by atoms with Gasteiger partial charge in [0.25, 0.3) is 0 Å². The molecule has 0 N–H and O–H groups in total. The lowest BCUT2D eigenvalue weighted by Crippen LogP contribution is -2.40. The van der Waals surface area contributed by atoms with Gasteiger partial charge in [0.1, 0.15) is 10.5 Å². The second-order valence-corrected chi connectivity index (χ2v) is 6.59. The molecule has 0 aromatic carbocycles. The lowest BCUT2D eigenvalue weighted by atomic mass is 10.2. The van der Waals surface area contributed by atoms with E-state index in [0.29, 0.717) is 0 Å². The first-order chi connectivity index (χ1) is 8.50. The van der Waals surface area contributed by atoms with Crippen molar-refractivity contribution in [1.29, 1.82) is 0 Å². The van der Waals surface area contributed by atoms with Gasteiger partial charge < -0.3 is 14.2 Å². The Morgan fingerprint density at radius 2 is 2.00 bits per heavy atom. The van der Waals surface area contributed by atoms with Crippen LogP contribution >= 0.6 is 0 Å². The standard InChI is InChI=1S/C11H16F3NO3S/c1-10(2,3)18-9(16)15-6-4-8(5-7-15)19(17)11(12,13)14/h4H,5-7H2,1-3H3. The van der Waals surface area contributed by atoms with Crippen molar-refractivity contribution < 1.29 is 27.3 Å². The highest BCUT2D eigenvalue weighted by Crippen LogP contribution is 2.32. The van der Waals surface area contributed by atoms with Crippen molar-refractivity contribution in [2.45, 2.75) is 38.3 Å². The van der Waals surface area contributed by atoms with E-state index in [1.807, 2.05) is 0 Å². The molecule has 4 nitrogen and oxygen atoms in total. The minimum absolute atomic E-state index is 0.0218. The number of amides is 1. The van der Waals surface area contributed by atoms with Crippen molar-refractivity contribution in [2.24, 2.45) is 0 Å². The van der Waals surface area contributed by atoms with Gasteiger partial charge in [0.2, 0.25) is 0 Å².